The SMILES string of the molecule is C[C@H](OCC1CC1)C(=O)N1Cc2ccccc2C[C@@H]1C(=O)O. The average Bonchev–Trinajstić information content (AvgIpc) is 3.34. The fraction of sp³-hybridized carbons (Fsp3) is 0.529. The van der Waals surface area contributed by atoms with E-state index in [0.717, 1.165) is 24.0 Å². The zero-order chi connectivity index (χ0) is 15.7. The Balaban J connectivity index is 1.74. The lowest BCUT2D eigenvalue weighted by Crippen LogP contribution is -2.51. The Morgan fingerprint density at radius 2 is 2.00 bits per heavy atom. The van der Waals surface area contributed by atoms with Crippen molar-refractivity contribution in [3.63, 3.8) is 0 Å². The summed E-state index contributed by atoms with van der Waals surface area (Å²) in [6, 6.07) is 6.88. The van der Waals surface area contributed by atoms with Crippen LogP contribution >= 0.6 is 0 Å². The molecule has 1 fully saturated rings. The molecule has 1 aromatic rings. The summed E-state index contributed by atoms with van der Waals surface area (Å²) in [6.07, 6.45) is 2.09. The van der Waals surface area contributed by atoms with Gasteiger partial charge in [-0.2, -0.15) is 0 Å². The summed E-state index contributed by atoms with van der Waals surface area (Å²) in [5.74, 6) is -0.618. The largest absolute Gasteiger partial charge is 0.480 e. The van der Waals surface area contributed by atoms with Gasteiger partial charge < -0.3 is 14.7 Å². The zero-order valence-corrected chi connectivity index (χ0v) is 12.7. The van der Waals surface area contributed by atoms with Crippen molar-refractivity contribution in [1.29, 1.82) is 0 Å². The third kappa shape index (κ3) is 3.14. The average molecular weight is 303 g/mol. The molecule has 5 nitrogen and oxygen atoms in total. The molecule has 0 aromatic heterocycles. The minimum absolute atomic E-state index is 0.234. The molecule has 0 unspecified atom stereocenters. The van der Waals surface area contributed by atoms with Crippen LogP contribution in [0.15, 0.2) is 24.3 Å². The van der Waals surface area contributed by atoms with Gasteiger partial charge in [-0.15, -0.1) is 0 Å². The maximum atomic E-state index is 12.6. The number of rotatable bonds is 5. The fourth-order valence-electron chi connectivity index (χ4n) is 2.84. The Kier molecular flexibility index (Phi) is 4.16. The van der Waals surface area contributed by atoms with Crippen LogP contribution in [0.5, 0.6) is 0 Å². The van der Waals surface area contributed by atoms with E-state index in [4.69, 9.17) is 4.74 Å². The van der Waals surface area contributed by atoms with Crippen LogP contribution in [0.2, 0.25) is 0 Å². The summed E-state index contributed by atoms with van der Waals surface area (Å²) in [5.41, 5.74) is 2.02. The second-order valence-electron chi connectivity index (χ2n) is 6.21. The Morgan fingerprint density at radius 3 is 2.64 bits per heavy atom. The van der Waals surface area contributed by atoms with Crippen LogP contribution in [0.25, 0.3) is 0 Å². The minimum atomic E-state index is -0.961. The van der Waals surface area contributed by atoms with Gasteiger partial charge in [0.25, 0.3) is 5.91 Å². The first kappa shape index (κ1) is 15.0. The Morgan fingerprint density at radius 1 is 1.32 bits per heavy atom. The molecule has 1 aliphatic carbocycles. The van der Waals surface area contributed by atoms with Crippen LogP contribution in [0.3, 0.4) is 0 Å². The van der Waals surface area contributed by atoms with Crippen molar-refractivity contribution in [3.8, 4) is 0 Å². The molecule has 1 N–H and O–H groups in total. The maximum absolute atomic E-state index is 12.6. The van der Waals surface area contributed by atoms with Crippen LogP contribution in [0.1, 0.15) is 30.9 Å². The van der Waals surface area contributed by atoms with E-state index in [1.807, 2.05) is 24.3 Å². The van der Waals surface area contributed by atoms with Crippen molar-refractivity contribution >= 4 is 11.9 Å². The first-order chi connectivity index (χ1) is 10.6. The van der Waals surface area contributed by atoms with Crippen molar-refractivity contribution in [2.75, 3.05) is 6.61 Å². The van der Waals surface area contributed by atoms with E-state index in [0.29, 0.717) is 25.5 Å². The standard InChI is InChI=1S/C17H21NO4/c1-11(22-10-12-6-7-12)16(19)18-9-14-5-3-2-4-13(14)8-15(18)17(20)21/h2-5,11-12,15H,6-10H2,1H3,(H,20,21)/t11-,15+/m0/s1. The summed E-state index contributed by atoms with van der Waals surface area (Å²) >= 11 is 0. The van der Waals surface area contributed by atoms with E-state index in [-0.39, 0.29) is 5.91 Å². The lowest BCUT2D eigenvalue weighted by Gasteiger charge is -2.35. The van der Waals surface area contributed by atoms with Gasteiger partial charge >= 0.3 is 5.97 Å². The van der Waals surface area contributed by atoms with Crippen molar-refractivity contribution in [2.24, 2.45) is 5.92 Å². The molecule has 0 saturated heterocycles. The summed E-state index contributed by atoms with van der Waals surface area (Å²) in [5, 5.41) is 9.46. The molecule has 2 aliphatic rings. The molecule has 1 aliphatic heterocycles. The van der Waals surface area contributed by atoms with Crippen molar-refractivity contribution < 1.29 is 19.4 Å². The van der Waals surface area contributed by atoms with Gasteiger partial charge in [-0.05, 0) is 36.8 Å². The summed E-state index contributed by atoms with van der Waals surface area (Å²) in [4.78, 5) is 25.6. The number of amides is 1. The molecule has 118 valence electrons. The highest BCUT2D eigenvalue weighted by molar-refractivity contribution is 5.87. The summed E-state index contributed by atoms with van der Waals surface area (Å²) in [7, 11) is 0. The molecule has 2 atom stereocenters. The highest BCUT2D eigenvalue weighted by atomic mass is 16.5. The van der Waals surface area contributed by atoms with E-state index in [1.165, 1.54) is 4.90 Å². The number of aliphatic carboxylic acids is 1. The molecule has 1 aromatic carbocycles. The van der Waals surface area contributed by atoms with E-state index < -0.39 is 18.1 Å². The van der Waals surface area contributed by atoms with Gasteiger partial charge in [-0.3, -0.25) is 4.79 Å². The fourth-order valence-corrected chi connectivity index (χ4v) is 2.84. The van der Waals surface area contributed by atoms with Gasteiger partial charge in [0, 0.05) is 13.0 Å². The van der Waals surface area contributed by atoms with Gasteiger partial charge in [0.05, 0.1) is 6.61 Å². The number of carboxylic acids is 1. The molecule has 3 rings (SSSR count). The number of carbonyl (C=O) groups excluding carboxylic acids is 1. The van der Waals surface area contributed by atoms with E-state index in [1.54, 1.807) is 6.92 Å². The molecule has 0 bridgehead atoms. The van der Waals surface area contributed by atoms with Crippen LogP contribution in [-0.4, -0.2) is 40.6 Å². The van der Waals surface area contributed by atoms with Gasteiger partial charge in [0.1, 0.15) is 12.1 Å². The summed E-state index contributed by atoms with van der Waals surface area (Å²) < 4.78 is 5.61. The van der Waals surface area contributed by atoms with E-state index in [9.17, 15) is 14.7 Å². The number of ether oxygens (including phenoxy) is 1. The van der Waals surface area contributed by atoms with Crippen molar-refractivity contribution in [1.82, 2.24) is 4.90 Å². The Labute approximate surface area is 129 Å². The maximum Gasteiger partial charge on any atom is 0.326 e. The lowest BCUT2D eigenvalue weighted by molar-refractivity contribution is -0.157. The highest BCUT2D eigenvalue weighted by Crippen LogP contribution is 2.30. The molecule has 0 radical (unpaired) electrons. The Bertz CT molecular complexity index is 582. The van der Waals surface area contributed by atoms with Crippen LogP contribution in [-0.2, 0) is 27.3 Å². The van der Waals surface area contributed by atoms with Gasteiger partial charge in [-0.1, -0.05) is 24.3 Å². The second kappa shape index (κ2) is 6.08. The summed E-state index contributed by atoms with van der Waals surface area (Å²) in [6.45, 7) is 2.64. The van der Waals surface area contributed by atoms with Crippen molar-refractivity contribution in [3.05, 3.63) is 35.4 Å². The van der Waals surface area contributed by atoms with E-state index in [2.05, 4.69) is 0 Å². The number of carbonyl (C=O) groups is 2. The Hall–Kier alpha value is -1.88. The first-order valence-electron chi connectivity index (χ1n) is 7.78. The smallest absolute Gasteiger partial charge is 0.326 e. The monoisotopic (exact) mass is 303 g/mol. The number of carboxylic acid groups (broad SMARTS) is 1. The van der Waals surface area contributed by atoms with Crippen molar-refractivity contribution in [2.45, 2.75) is 44.9 Å². The normalized spacial score (nSPS) is 22.0. The molecule has 1 saturated carbocycles. The third-order valence-corrected chi connectivity index (χ3v) is 4.44. The number of benzene rings is 1. The van der Waals surface area contributed by atoms with Gasteiger partial charge in [0.15, 0.2) is 0 Å². The van der Waals surface area contributed by atoms with E-state index >= 15 is 0 Å². The van der Waals surface area contributed by atoms with Gasteiger partial charge in [0.2, 0.25) is 0 Å². The topological polar surface area (TPSA) is 66.8 Å². The van der Waals surface area contributed by atoms with Gasteiger partial charge in [-0.25, -0.2) is 4.79 Å². The van der Waals surface area contributed by atoms with Crippen LogP contribution in [0, 0.1) is 5.92 Å². The molecular weight excluding hydrogens is 282 g/mol. The third-order valence-electron chi connectivity index (χ3n) is 4.44. The molecule has 1 amide bonds. The molecule has 1 heterocycles. The second-order valence-corrected chi connectivity index (χ2v) is 6.21. The first-order valence-corrected chi connectivity index (χ1v) is 7.78. The molecule has 22 heavy (non-hydrogen) atoms. The number of hydrogen-bond acceptors (Lipinski definition) is 3. The molecular formula is C17H21NO4. The highest BCUT2D eigenvalue weighted by Gasteiger charge is 2.36. The minimum Gasteiger partial charge on any atom is -0.480 e. The predicted molar refractivity (Wildman–Crippen MR) is 80.3 cm³/mol. The number of fused-ring (bicyclic) bond motifs is 1. The molecule has 5 heteroatoms. The quantitative estimate of drug-likeness (QED) is 0.901. The zero-order valence-electron chi connectivity index (χ0n) is 12.7. The van der Waals surface area contributed by atoms with Crippen LogP contribution in [0.4, 0.5) is 0 Å². The lowest BCUT2D eigenvalue weighted by atomic mass is 9.93. The van der Waals surface area contributed by atoms with Crippen LogP contribution < -0.4 is 0 Å². The number of hydrogen-bond donors (Lipinski definition) is 1. The molecule has 0 spiro atoms. The predicted octanol–water partition coefficient (Wildman–Crippen LogP) is 1.84. The number of nitrogens with zero attached hydrogens (tertiary/aromatic N) is 1.